The average Bonchev–Trinajstić information content (AvgIpc) is 3.31. The van der Waals surface area contributed by atoms with Gasteiger partial charge in [0.1, 0.15) is 48.1 Å². The molecule has 0 unspecified atom stereocenters. The Labute approximate surface area is 322 Å². The van der Waals surface area contributed by atoms with Gasteiger partial charge in [0.15, 0.2) is 18.3 Å². The van der Waals surface area contributed by atoms with Gasteiger partial charge in [0.2, 0.25) is 0 Å². The maximum Gasteiger partial charge on any atom is 0.340 e. The van der Waals surface area contributed by atoms with Gasteiger partial charge in [0, 0.05) is 59.6 Å². The van der Waals surface area contributed by atoms with Gasteiger partial charge in [0.25, 0.3) is 0 Å². The van der Waals surface area contributed by atoms with Crippen LogP contribution >= 0.6 is 0 Å². The lowest BCUT2D eigenvalue weighted by molar-refractivity contribution is -0.349. The topological polar surface area (TPSA) is 233 Å². The lowest BCUT2D eigenvalue weighted by atomic mass is 9.46. The van der Waals surface area contributed by atoms with E-state index in [1.54, 1.807) is 6.92 Å². The SMILES string of the molecule is CC(=O)OC[C@]12[C@H](OC(C)=O)[C@@H](OC(C)=O)[C@@H]3[C@@H](OC(C)=O)[C@@]14O[C@@]3(C)COC(=O)c1cccnc1[C@H](C)[C@H](C)C(=O)O[C@@H]([C@H](OC(C)=O)[C@@H]2OC(C)=O)[C@H]4C. The highest BCUT2D eigenvalue weighted by atomic mass is 16.7. The van der Waals surface area contributed by atoms with E-state index >= 15 is 0 Å². The first-order valence-corrected chi connectivity index (χ1v) is 18.1. The Balaban J connectivity index is 1.97. The van der Waals surface area contributed by atoms with Crippen molar-refractivity contribution in [1.29, 1.82) is 0 Å². The average molecular weight is 790 g/mol. The molecule has 0 amide bonds. The second-order valence-corrected chi connectivity index (χ2v) is 15.1. The molecule has 4 aliphatic rings. The van der Waals surface area contributed by atoms with Crippen LogP contribution in [-0.4, -0.2) is 114 Å². The number of hydrogen-bond acceptors (Lipinski definition) is 18. The predicted molar refractivity (Wildman–Crippen MR) is 184 cm³/mol. The van der Waals surface area contributed by atoms with Crippen molar-refractivity contribution in [3.8, 4) is 0 Å². The summed E-state index contributed by atoms with van der Waals surface area (Å²) in [6.07, 6.45) is -8.94. The molecule has 4 bridgehead atoms. The molecule has 1 aromatic heterocycles. The smallest absolute Gasteiger partial charge is 0.340 e. The van der Waals surface area contributed by atoms with E-state index in [1.165, 1.54) is 39.1 Å². The molecular weight excluding hydrogens is 742 g/mol. The molecule has 0 radical (unpaired) electrons. The quantitative estimate of drug-likeness (QED) is 0.284. The summed E-state index contributed by atoms with van der Waals surface area (Å²) in [5.41, 5.74) is -6.19. The third-order valence-electron chi connectivity index (χ3n) is 11.4. The van der Waals surface area contributed by atoms with E-state index in [9.17, 15) is 38.4 Å². The lowest BCUT2D eigenvalue weighted by Gasteiger charge is -2.65. The van der Waals surface area contributed by atoms with Crippen molar-refractivity contribution in [2.75, 3.05) is 13.2 Å². The van der Waals surface area contributed by atoms with Crippen LogP contribution in [0.3, 0.4) is 0 Å². The number of carbonyl (C=O) groups is 8. The minimum Gasteiger partial charge on any atom is -0.465 e. The van der Waals surface area contributed by atoms with E-state index in [2.05, 4.69) is 4.98 Å². The zero-order valence-corrected chi connectivity index (χ0v) is 32.8. The number of ether oxygens (including phenoxy) is 9. The van der Waals surface area contributed by atoms with Gasteiger partial charge in [-0.3, -0.25) is 38.5 Å². The van der Waals surface area contributed by atoms with Crippen LogP contribution in [0.15, 0.2) is 18.3 Å². The van der Waals surface area contributed by atoms with Gasteiger partial charge >= 0.3 is 47.8 Å². The van der Waals surface area contributed by atoms with Crippen molar-refractivity contribution in [2.45, 2.75) is 123 Å². The van der Waals surface area contributed by atoms with Crippen LogP contribution in [0.1, 0.15) is 91.2 Å². The van der Waals surface area contributed by atoms with Crippen molar-refractivity contribution in [2.24, 2.45) is 23.2 Å². The Morgan fingerprint density at radius 1 is 0.750 bits per heavy atom. The number of rotatable bonds is 7. The molecule has 2 saturated carbocycles. The largest absolute Gasteiger partial charge is 0.465 e. The number of hydrogen-bond donors (Lipinski definition) is 0. The van der Waals surface area contributed by atoms with E-state index in [0.29, 0.717) is 0 Å². The highest BCUT2D eigenvalue weighted by molar-refractivity contribution is 5.91. The van der Waals surface area contributed by atoms with Crippen molar-refractivity contribution in [1.82, 2.24) is 4.98 Å². The first-order valence-electron chi connectivity index (χ1n) is 18.1. The van der Waals surface area contributed by atoms with Gasteiger partial charge in [-0.15, -0.1) is 0 Å². The minimum absolute atomic E-state index is 0.00998. The molecule has 2 aliphatic carbocycles. The molecule has 56 heavy (non-hydrogen) atoms. The van der Waals surface area contributed by atoms with Crippen LogP contribution in [0.5, 0.6) is 0 Å². The fourth-order valence-electron chi connectivity index (χ4n) is 9.24. The fourth-order valence-corrected chi connectivity index (χ4v) is 9.24. The summed E-state index contributed by atoms with van der Waals surface area (Å²) in [5, 5.41) is 0. The first kappa shape index (κ1) is 42.0. The van der Waals surface area contributed by atoms with Crippen LogP contribution in [0, 0.1) is 23.2 Å². The summed E-state index contributed by atoms with van der Waals surface area (Å²) < 4.78 is 55.1. The highest BCUT2D eigenvalue weighted by Crippen LogP contribution is 2.69. The van der Waals surface area contributed by atoms with Gasteiger partial charge in [-0.2, -0.15) is 0 Å². The molecule has 18 nitrogen and oxygen atoms in total. The third-order valence-corrected chi connectivity index (χ3v) is 11.4. The van der Waals surface area contributed by atoms with E-state index in [-0.39, 0.29) is 11.3 Å². The van der Waals surface area contributed by atoms with Gasteiger partial charge < -0.3 is 42.6 Å². The van der Waals surface area contributed by atoms with Gasteiger partial charge in [-0.05, 0) is 19.1 Å². The van der Waals surface area contributed by atoms with E-state index in [0.717, 1.165) is 41.5 Å². The monoisotopic (exact) mass is 789 g/mol. The zero-order chi connectivity index (χ0) is 41.7. The van der Waals surface area contributed by atoms with Crippen molar-refractivity contribution >= 4 is 47.8 Å². The zero-order valence-electron chi connectivity index (χ0n) is 32.8. The number of cyclic esters (lactones) is 1. The van der Waals surface area contributed by atoms with Crippen molar-refractivity contribution in [3.05, 3.63) is 29.6 Å². The minimum atomic E-state index is -2.32. The molecule has 1 saturated heterocycles. The Bertz CT molecular complexity index is 1810. The van der Waals surface area contributed by atoms with Crippen LogP contribution < -0.4 is 0 Å². The van der Waals surface area contributed by atoms with E-state index < -0.39 is 138 Å². The highest BCUT2D eigenvalue weighted by Gasteiger charge is 2.88. The Morgan fingerprint density at radius 3 is 1.84 bits per heavy atom. The van der Waals surface area contributed by atoms with Gasteiger partial charge in [-0.25, -0.2) is 4.79 Å². The number of pyridine rings is 1. The summed E-state index contributed by atoms with van der Waals surface area (Å²) in [6.45, 7) is 11.0. The number of esters is 8. The maximum absolute atomic E-state index is 14.3. The Kier molecular flexibility index (Phi) is 11.6. The summed E-state index contributed by atoms with van der Waals surface area (Å²) in [7, 11) is 0. The lowest BCUT2D eigenvalue weighted by Crippen LogP contribution is -2.84. The second-order valence-electron chi connectivity index (χ2n) is 15.1. The molecule has 3 heterocycles. The number of nitrogens with zero attached hydrogens (tertiary/aromatic N) is 1. The van der Waals surface area contributed by atoms with Crippen LogP contribution in [0.2, 0.25) is 0 Å². The van der Waals surface area contributed by atoms with E-state index in [4.69, 9.17) is 42.6 Å². The number of aromatic nitrogens is 1. The standard InChI is InChI=1S/C38H47NO17/c1-16-17(2)34(46)55-28-18(3)38-31(52-22(7)43)26(36(10,56-38)14-49-35(47)25-12-11-13-39-27(16)25)29(50-20(5)41)32(53-23(8)44)37(38,15-48-19(4)40)33(54-24(9)45)30(28)51-21(6)42/h11-13,16-18,26,28-33H,14-15H2,1-10H3/t16-,17+,18-,26-,28-,29+,30+,31-,32-,33+,36+,37-,38-/m1/s1. The van der Waals surface area contributed by atoms with Gasteiger partial charge in [0.05, 0.1) is 23.1 Å². The third kappa shape index (κ3) is 6.96. The number of carbonyl (C=O) groups excluding carboxylic acids is 8. The predicted octanol–water partition coefficient (Wildman–Crippen LogP) is 1.92. The molecular formula is C38H47NO17. The molecule has 306 valence electrons. The Hall–Kier alpha value is -5.13. The first-order chi connectivity index (χ1) is 26.1. The number of fused-ring (bicyclic) bond motifs is 5. The molecule has 1 aromatic rings. The molecule has 0 N–H and O–H groups in total. The summed E-state index contributed by atoms with van der Waals surface area (Å²) >= 11 is 0. The summed E-state index contributed by atoms with van der Waals surface area (Å²) in [5.74, 6) is -11.8. The summed E-state index contributed by atoms with van der Waals surface area (Å²) in [4.78, 5) is 111. The van der Waals surface area contributed by atoms with Crippen LogP contribution in [-0.2, 0) is 76.2 Å². The maximum atomic E-state index is 14.3. The molecule has 1 spiro atoms. The normalized spacial score (nSPS) is 37.3. The Morgan fingerprint density at radius 2 is 1.29 bits per heavy atom. The fraction of sp³-hybridized carbons (Fsp3) is 0.658. The molecule has 3 fully saturated rings. The molecule has 18 heteroatoms. The van der Waals surface area contributed by atoms with Crippen LogP contribution in [0.4, 0.5) is 0 Å². The molecule has 5 rings (SSSR count). The molecule has 0 aromatic carbocycles. The molecule has 2 aliphatic heterocycles. The van der Waals surface area contributed by atoms with Crippen molar-refractivity contribution in [3.63, 3.8) is 0 Å². The van der Waals surface area contributed by atoms with E-state index in [1.807, 2.05) is 0 Å². The van der Waals surface area contributed by atoms with Crippen molar-refractivity contribution < 1.29 is 81.0 Å². The summed E-state index contributed by atoms with van der Waals surface area (Å²) in [6, 6.07) is 2.96. The van der Waals surface area contributed by atoms with Gasteiger partial charge in [-0.1, -0.05) is 20.8 Å². The van der Waals surface area contributed by atoms with Crippen LogP contribution in [0.25, 0.3) is 0 Å². The second kappa shape index (κ2) is 15.4. The molecule has 13 atom stereocenters.